The molecule has 1 N–H and O–H groups in total. The number of carboxylic acid groups (broad SMARTS) is 1. The maximum Gasteiger partial charge on any atom is 0.346 e. The summed E-state index contributed by atoms with van der Waals surface area (Å²) in [5.74, 6) is -1.06. The SMILES string of the molecule is CCC=C(Cl)C(=O)O. The summed E-state index contributed by atoms with van der Waals surface area (Å²) >= 11 is 5.18. The van der Waals surface area contributed by atoms with E-state index in [0.29, 0.717) is 6.42 Å². The van der Waals surface area contributed by atoms with Gasteiger partial charge in [-0.15, -0.1) is 0 Å². The molecule has 0 aromatic heterocycles. The van der Waals surface area contributed by atoms with Gasteiger partial charge in [-0.25, -0.2) is 4.79 Å². The standard InChI is InChI=1S/C5H7ClO2/c1-2-3-4(6)5(7)8/h3H,2H2,1H3,(H,7,8). The van der Waals surface area contributed by atoms with Gasteiger partial charge in [-0.2, -0.15) is 0 Å². The van der Waals surface area contributed by atoms with Crippen LogP contribution < -0.4 is 0 Å². The first-order valence-electron chi connectivity index (χ1n) is 2.27. The van der Waals surface area contributed by atoms with Gasteiger partial charge in [0.05, 0.1) is 0 Å². The Balaban J connectivity index is 3.80. The average molecular weight is 135 g/mol. The number of aliphatic carboxylic acids is 1. The molecule has 0 saturated carbocycles. The van der Waals surface area contributed by atoms with E-state index >= 15 is 0 Å². The monoisotopic (exact) mass is 134 g/mol. The molecule has 0 unspecified atom stereocenters. The fraction of sp³-hybridized carbons (Fsp3) is 0.400. The molecule has 8 heavy (non-hydrogen) atoms. The van der Waals surface area contributed by atoms with E-state index in [9.17, 15) is 4.79 Å². The van der Waals surface area contributed by atoms with Crippen LogP contribution in [0.1, 0.15) is 13.3 Å². The van der Waals surface area contributed by atoms with Gasteiger partial charge in [0.2, 0.25) is 0 Å². The van der Waals surface area contributed by atoms with Gasteiger partial charge in [-0.3, -0.25) is 0 Å². The van der Waals surface area contributed by atoms with Crippen LogP contribution in [0.4, 0.5) is 0 Å². The van der Waals surface area contributed by atoms with Crippen LogP contribution in [0.2, 0.25) is 0 Å². The molecule has 0 heterocycles. The van der Waals surface area contributed by atoms with Gasteiger partial charge in [0.15, 0.2) is 0 Å². The van der Waals surface area contributed by atoms with E-state index in [2.05, 4.69) is 0 Å². The van der Waals surface area contributed by atoms with E-state index in [0.717, 1.165) is 0 Å². The van der Waals surface area contributed by atoms with E-state index in [1.54, 1.807) is 0 Å². The summed E-state index contributed by atoms with van der Waals surface area (Å²) in [6.07, 6.45) is 2.11. The van der Waals surface area contributed by atoms with Crippen molar-refractivity contribution in [3.8, 4) is 0 Å². The molecule has 0 amide bonds. The third kappa shape index (κ3) is 2.64. The molecule has 0 aliphatic heterocycles. The van der Waals surface area contributed by atoms with Crippen molar-refractivity contribution in [2.75, 3.05) is 0 Å². The van der Waals surface area contributed by atoms with Gasteiger partial charge in [0, 0.05) is 0 Å². The second-order valence-corrected chi connectivity index (χ2v) is 1.67. The van der Waals surface area contributed by atoms with Crippen LogP contribution in [0, 0.1) is 0 Å². The van der Waals surface area contributed by atoms with Crippen LogP contribution in [0.3, 0.4) is 0 Å². The van der Waals surface area contributed by atoms with Crippen LogP contribution in [-0.4, -0.2) is 11.1 Å². The molecule has 0 bridgehead atoms. The van der Waals surface area contributed by atoms with Crippen molar-refractivity contribution in [3.63, 3.8) is 0 Å². The molecule has 0 aromatic rings. The highest BCUT2D eigenvalue weighted by Crippen LogP contribution is 2.00. The first kappa shape index (κ1) is 7.50. The van der Waals surface area contributed by atoms with Gasteiger partial charge in [0.25, 0.3) is 0 Å². The molecule has 0 radical (unpaired) electrons. The summed E-state index contributed by atoms with van der Waals surface area (Å²) in [4.78, 5) is 9.89. The number of rotatable bonds is 2. The Hall–Kier alpha value is -0.500. The molecular formula is C5H7ClO2. The van der Waals surface area contributed by atoms with Crippen molar-refractivity contribution in [1.82, 2.24) is 0 Å². The molecule has 0 saturated heterocycles. The summed E-state index contributed by atoms with van der Waals surface area (Å²) in [5.41, 5.74) is 0. The van der Waals surface area contributed by atoms with E-state index in [4.69, 9.17) is 16.7 Å². The molecule has 0 rings (SSSR count). The van der Waals surface area contributed by atoms with E-state index in [-0.39, 0.29) is 5.03 Å². The quantitative estimate of drug-likeness (QED) is 0.583. The predicted molar refractivity (Wildman–Crippen MR) is 31.9 cm³/mol. The topological polar surface area (TPSA) is 37.3 Å². The van der Waals surface area contributed by atoms with Gasteiger partial charge in [-0.1, -0.05) is 24.6 Å². The Labute approximate surface area is 52.8 Å². The van der Waals surface area contributed by atoms with Crippen LogP contribution in [0.25, 0.3) is 0 Å². The molecule has 0 atom stereocenters. The van der Waals surface area contributed by atoms with E-state index in [1.165, 1.54) is 6.08 Å². The highest BCUT2D eigenvalue weighted by Gasteiger charge is 1.98. The van der Waals surface area contributed by atoms with Crippen molar-refractivity contribution in [3.05, 3.63) is 11.1 Å². The lowest BCUT2D eigenvalue weighted by Crippen LogP contribution is -1.92. The molecule has 0 aliphatic rings. The minimum absolute atomic E-state index is 0.104. The van der Waals surface area contributed by atoms with Crippen LogP contribution in [0.15, 0.2) is 11.1 Å². The summed E-state index contributed by atoms with van der Waals surface area (Å²) in [5, 5.41) is 8.01. The zero-order chi connectivity index (χ0) is 6.57. The van der Waals surface area contributed by atoms with Crippen LogP contribution in [-0.2, 0) is 4.79 Å². The van der Waals surface area contributed by atoms with Crippen LogP contribution >= 0.6 is 11.6 Å². The second-order valence-electron chi connectivity index (χ2n) is 1.27. The summed E-state index contributed by atoms with van der Waals surface area (Å²) < 4.78 is 0. The van der Waals surface area contributed by atoms with Crippen LogP contribution in [0.5, 0.6) is 0 Å². The molecule has 0 aromatic carbocycles. The molecule has 3 heteroatoms. The van der Waals surface area contributed by atoms with E-state index in [1.807, 2.05) is 6.92 Å². The molecule has 46 valence electrons. The zero-order valence-electron chi connectivity index (χ0n) is 4.52. The molecule has 0 spiro atoms. The fourth-order valence-electron chi connectivity index (χ4n) is 0.267. The zero-order valence-corrected chi connectivity index (χ0v) is 5.27. The Morgan fingerprint density at radius 1 is 1.88 bits per heavy atom. The molecule has 2 nitrogen and oxygen atoms in total. The lowest BCUT2D eigenvalue weighted by Gasteiger charge is -1.84. The largest absolute Gasteiger partial charge is 0.477 e. The number of hydrogen-bond donors (Lipinski definition) is 1. The number of hydrogen-bond acceptors (Lipinski definition) is 1. The Morgan fingerprint density at radius 3 is 2.50 bits per heavy atom. The highest BCUT2D eigenvalue weighted by molar-refractivity contribution is 6.40. The maximum atomic E-state index is 9.89. The smallest absolute Gasteiger partial charge is 0.346 e. The second kappa shape index (κ2) is 3.50. The van der Waals surface area contributed by atoms with Crippen molar-refractivity contribution >= 4 is 17.6 Å². The Bertz CT molecular complexity index is 118. The summed E-state index contributed by atoms with van der Waals surface area (Å²) in [6, 6.07) is 0. The third-order valence-corrected chi connectivity index (χ3v) is 0.904. The van der Waals surface area contributed by atoms with Crippen molar-refractivity contribution in [2.45, 2.75) is 13.3 Å². The van der Waals surface area contributed by atoms with Crippen molar-refractivity contribution < 1.29 is 9.90 Å². The molecular weight excluding hydrogens is 128 g/mol. The van der Waals surface area contributed by atoms with Gasteiger partial charge in [-0.05, 0) is 6.42 Å². The van der Waals surface area contributed by atoms with Crippen molar-refractivity contribution in [2.24, 2.45) is 0 Å². The normalized spacial score (nSPS) is 11.5. The van der Waals surface area contributed by atoms with E-state index < -0.39 is 5.97 Å². The maximum absolute atomic E-state index is 9.89. The third-order valence-electron chi connectivity index (χ3n) is 0.588. The van der Waals surface area contributed by atoms with Gasteiger partial charge >= 0.3 is 5.97 Å². The number of halogens is 1. The molecule has 0 fully saturated rings. The first-order valence-corrected chi connectivity index (χ1v) is 2.65. The van der Waals surface area contributed by atoms with Gasteiger partial charge < -0.3 is 5.11 Å². The fourth-order valence-corrected chi connectivity index (χ4v) is 0.421. The number of carboxylic acids is 1. The highest BCUT2D eigenvalue weighted by atomic mass is 35.5. The minimum atomic E-state index is -1.06. The summed E-state index contributed by atoms with van der Waals surface area (Å²) in [7, 11) is 0. The lowest BCUT2D eigenvalue weighted by atomic mass is 10.4. The molecule has 0 aliphatic carbocycles. The predicted octanol–water partition coefficient (Wildman–Crippen LogP) is 1.60. The minimum Gasteiger partial charge on any atom is -0.477 e. The first-order chi connectivity index (χ1) is 3.68. The summed E-state index contributed by atoms with van der Waals surface area (Å²) in [6.45, 7) is 1.82. The lowest BCUT2D eigenvalue weighted by molar-refractivity contribution is -0.131. The Kier molecular flexibility index (Phi) is 3.28. The number of carbonyl (C=O) groups is 1. The Morgan fingerprint density at radius 2 is 2.38 bits per heavy atom. The van der Waals surface area contributed by atoms with Crippen molar-refractivity contribution in [1.29, 1.82) is 0 Å². The average Bonchev–Trinajstić information content (AvgIpc) is 1.67. The number of allylic oxidation sites excluding steroid dienone is 1. The van der Waals surface area contributed by atoms with Gasteiger partial charge in [0.1, 0.15) is 5.03 Å².